The Morgan fingerprint density at radius 2 is 1.77 bits per heavy atom. The Bertz CT molecular complexity index is 1410. The summed E-state index contributed by atoms with van der Waals surface area (Å²) in [6.07, 6.45) is 4.14. The molecule has 0 spiro atoms. The molecule has 11 nitrogen and oxygen atoms in total. The van der Waals surface area contributed by atoms with Gasteiger partial charge in [-0.25, -0.2) is 14.3 Å². The van der Waals surface area contributed by atoms with Crippen molar-refractivity contribution in [3.05, 3.63) is 50.8 Å². The summed E-state index contributed by atoms with van der Waals surface area (Å²) in [6.45, 7) is 9.59. The molecular weight excluding hydrogens is 480 g/mol. The first-order valence-corrected chi connectivity index (χ1v) is 12.6. The first-order chi connectivity index (χ1) is 16.1. The molecule has 1 saturated carbocycles. The first kappa shape index (κ1) is 25.4. The van der Waals surface area contributed by atoms with E-state index in [1.807, 2.05) is 0 Å². The molecule has 1 N–H and O–H groups in total. The summed E-state index contributed by atoms with van der Waals surface area (Å²) in [5.74, 6) is -0.472. The number of hydrogen-bond acceptors (Lipinski definition) is 8. The maximum absolute atomic E-state index is 14.3. The molecule has 190 valence electrons. The number of phosphoric acid groups is 1. The number of hydrogen-bond donors (Lipinski definition) is 1. The van der Waals surface area contributed by atoms with Gasteiger partial charge in [0.1, 0.15) is 6.73 Å². The minimum Gasteiger partial charge on any atom is -0.281 e. The topological polar surface area (TPSA) is 130 Å². The van der Waals surface area contributed by atoms with Crippen molar-refractivity contribution in [1.29, 1.82) is 0 Å². The molecule has 3 heterocycles. The van der Waals surface area contributed by atoms with Gasteiger partial charge < -0.3 is 0 Å². The number of phosphoric ester groups is 1. The first-order valence-electron chi connectivity index (χ1n) is 11.2. The van der Waals surface area contributed by atoms with E-state index in [-0.39, 0.29) is 17.2 Å². The number of nitrogens with zero attached hydrogens (tertiary/aromatic N) is 4. The summed E-state index contributed by atoms with van der Waals surface area (Å²) < 4.78 is 46.3. The molecule has 0 saturated heterocycles. The lowest BCUT2D eigenvalue weighted by Crippen LogP contribution is -2.32. The van der Waals surface area contributed by atoms with Crippen molar-refractivity contribution >= 4 is 13.5 Å². The van der Waals surface area contributed by atoms with Crippen LogP contribution >= 0.6 is 7.82 Å². The van der Waals surface area contributed by atoms with Crippen LogP contribution in [0, 0.1) is 5.95 Å². The Hall–Kier alpha value is -2.66. The summed E-state index contributed by atoms with van der Waals surface area (Å²) >= 11 is 0. The highest BCUT2D eigenvalue weighted by Crippen LogP contribution is 2.55. The van der Waals surface area contributed by atoms with Gasteiger partial charge >= 0.3 is 13.5 Å². The van der Waals surface area contributed by atoms with Crippen LogP contribution in [0.3, 0.4) is 0 Å². The zero-order chi connectivity index (χ0) is 25.8. The lowest BCUT2D eigenvalue weighted by molar-refractivity contribution is -0.00664. The average Bonchev–Trinajstić information content (AvgIpc) is 3.47. The molecule has 1 aliphatic carbocycles. The van der Waals surface area contributed by atoms with E-state index in [1.165, 1.54) is 6.20 Å². The van der Waals surface area contributed by atoms with Crippen molar-refractivity contribution < 1.29 is 22.5 Å². The maximum atomic E-state index is 14.3. The Balaban J connectivity index is 1.71. The Morgan fingerprint density at radius 1 is 1.14 bits per heavy atom. The highest BCUT2D eigenvalue weighted by atomic mass is 31.2. The molecule has 0 radical (unpaired) electrons. The number of halogens is 1. The summed E-state index contributed by atoms with van der Waals surface area (Å²) in [5, 5.41) is 4.21. The molecule has 35 heavy (non-hydrogen) atoms. The van der Waals surface area contributed by atoms with Gasteiger partial charge in [0.05, 0.1) is 28.7 Å². The van der Waals surface area contributed by atoms with Crippen molar-refractivity contribution in [2.45, 2.75) is 78.2 Å². The minimum absolute atomic E-state index is 0.00779. The van der Waals surface area contributed by atoms with Gasteiger partial charge in [-0.2, -0.15) is 14.0 Å². The van der Waals surface area contributed by atoms with E-state index >= 15 is 0 Å². The molecule has 0 amide bonds. The number of fused-ring (bicyclic) bond motifs is 1. The number of rotatable bonds is 7. The van der Waals surface area contributed by atoms with Crippen LogP contribution in [0.25, 0.3) is 16.9 Å². The van der Waals surface area contributed by atoms with Crippen molar-refractivity contribution in [2.24, 2.45) is 0 Å². The maximum Gasteiger partial charge on any atom is 0.477 e. The van der Waals surface area contributed by atoms with Crippen molar-refractivity contribution in [1.82, 2.24) is 24.1 Å². The number of aromatic nitrogens is 5. The van der Waals surface area contributed by atoms with Gasteiger partial charge in [0, 0.05) is 11.8 Å². The van der Waals surface area contributed by atoms with Crippen molar-refractivity contribution in [2.75, 3.05) is 0 Å². The van der Waals surface area contributed by atoms with Crippen molar-refractivity contribution in [3.8, 4) is 11.3 Å². The predicted molar refractivity (Wildman–Crippen MR) is 126 cm³/mol. The minimum atomic E-state index is -4.12. The average molecular weight is 509 g/mol. The Labute approximate surface area is 200 Å². The standard InChI is InChI=1S/C22H29FN5O6P/c1-21(2,3)33-35(31,34-22(4,5)6)32-12-27-11-15(19(29)25-20(27)30)16-9-14(13-7-8-13)18-24-10-17(23)28(18)26-16/h9-11,13H,7-8,12H2,1-6H3,(H,25,29,30). The molecule has 1 aliphatic rings. The number of H-pyrrole nitrogens is 1. The largest absolute Gasteiger partial charge is 0.477 e. The molecule has 13 heteroatoms. The van der Waals surface area contributed by atoms with Crippen LogP contribution in [-0.2, 0) is 24.9 Å². The third-order valence-electron chi connectivity index (χ3n) is 4.88. The van der Waals surface area contributed by atoms with Gasteiger partial charge in [-0.15, -0.1) is 0 Å². The van der Waals surface area contributed by atoms with Gasteiger partial charge in [0.2, 0.25) is 5.95 Å². The van der Waals surface area contributed by atoms with E-state index in [0.29, 0.717) is 5.65 Å². The fourth-order valence-corrected chi connectivity index (χ4v) is 5.20. The SMILES string of the molecule is CC(C)(C)OP(=O)(OCn1cc(-c2cc(C3CC3)c3ncc(F)n3n2)c(=O)[nH]c1=O)OC(C)(C)C. The molecule has 4 rings (SSSR count). The lowest BCUT2D eigenvalue weighted by Gasteiger charge is -2.30. The second-order valence-corrected chi connectivity index (χ2v) is 12.0. The van der Waals surface area contributed by atoms with Gasteiger partial charge in [-0.05, 0) is 66.4 Å². The number of aromatic amines is 1. The fraction of sp³-hybridized carbons (Fsp3) is 0.545. The van der Waals surface area contributed by atoms with Crippen LogP contribution in [0.1, 0.15) is 65.9 Å². The van der Waals surface area contributed by atoms with E-state index in [4.69, 9.17) is 13.6 Å². The number of nitrogens with one attached hydrogen (secondary N) is 1. The highest BCUT2D eigenvalue weighted by Gasteiger charge is 2.37. The molecule has 0 unspecified atom stereocenters. The fourth-order valence-electron chi connectivity index (χ4n) is 3.45. The second-order valence-electron chi connectivity index (χ2n) is 10.5. The van der Waals surface area contributed by atoms with Gasteiger partial charge in [0.15, 0.2) is 5.65 Å². The van der Waals surface area contributed by atoms with Crippen LogP contribution in [0.4, 0.5) is 4.39 Å². The predicted octanol–water partition coefficient (Wildman–Crippen LogP) is 3.98. The van der Waals surface area contributed by atoms with E-state index in [2.05, 4.69) is 15.1 Å². The Morgan fingerprint density at radius 3 is 2.34 bits per heavy atom. The normalized spacial score (nSPS) is 15.2. The van der Waals surface area contributed by atoms with E-state index in [1.54, 1.807) is 47.6 Å². The molecule has 0 aliphatic heterocycles. The molecule has 0 bridgehead atoms. The second kappa shape index (κ2) is 8.77. The van der Waals surface area contributed by atoms with Crippen LogP contribution in [0.15, 0.2) is 28.0 Å². The quantitative estimate of drug-likeness (QED) is 0.474. The van der Waals surface area contributed by atoms with E-state index in [0.717, 1.165) is 33.7 Å². The zero-order valence-electron chi connectivity index (χ0n) is 20.5. The molecule has 3 aromatic rings. The van der Waals surface area contributed by atoms with Crippen molar-refractivity contribution in [3.63, 3.8) is 0 Å². The van der Waals surface area contributed by atoms with Crippen LogP contribution in [0.2, 0.25) is 0 Å². The van der Waals surface area contributed by atoms with E-state index in [9.17, 15) is 18.5 Å². The van der Waals surface area contributed by atoms with Crippen LogP contribution in [-0.4, -0.2) is 35.4 Å². The summed E-state index contributed by atoms with van der Waals surface area (Å²) in [6, 6.07) is 1.68. The molecule has 0 atom stereocenters. The lowest BCUT2D eigenvalue weighted by atomic mass is 10.1. The third kappa shape index (κ3) is 5.95. The van der Waals surface area contributed by atoms with Gasteiger partial charge in [-0.3, -0.25) is 27.9 Å². The summed E-state index contributed by atoms with van der Waals surface area (Å²) in [5.41, 5.74) is -1.91. The molecular formula is C22H29FN5O6P. The van der Waals surface area contributed by atoms with E-state index < -0.39 is 43.0 Å². The Kier molecular flexibility index (Phi) is 6.38. The van der Waals surface area contributed by atoms with Gasteiger partial charge in [0.25, 0.3) is 5.56 Å². The molecule has 3 aromatic heterocycles. The third-order valence-corrected chi connectivity index (χ3v) is 6.86. The zero-order valence-corrected chi connectivity index (χ0v) is 21.4. The van der Waals surface area contributed by atoms with Crippen LogP contribution < -0.4 is 11.2 Å². The van der Waals surface area contributed by atoms with Gasteiger partial charge in [-0.1, -0.05) is 0 Å². The monoisotopic (exact) mass is 509 g/mol. The van der Waals surface area contributed by atoms with Crippen LogP contribution in [0.5, 0.6) is 0 Å². The molecule has 0 aromatic carbocycles. The summed E-state index contributed by atoms with van der Waals surface area (Å²) in [4.78, 5) is 31.4. The smallest absolute Gasteiger partial charge is 0.281 e. The summed E-state index contributed by atoms with van der Waals surface area (Å²) in [7, 11) is -4.12. The molecule has 1 fully saturated rings. The highest BCUT2D eigenvalue weighted by molar-refractivity contribution is 7.48. The number of imidazole rings is 1.